The predicted molar refractivity (Wildman–Crippen MR) is 277 cm³/mol. The Morgan fingerprint density at radius 3 is 1.44 bits per heavy atom. The Hall–Kier alpha value is -9.34. The van der Waals surface area contributed by atoms with Gasteiger partial charge in [-0.15, -0.1) is 0 Å². The van der Waals surface area contributed by atoms with E-state index in [1.807, 2.05) is 97.1 Å². The number of esters is 4. The normalized spacial score (nSPS) is 17.7. The molecule has 4 aromatic carbocycles. The molecule has 4 N–H and O–H groups in total. The van der Waals surface area contributed by atoms with Crippen LogP contribution < -0.4 is 30.7 Å². The topological polar surface area (TPSA) is 276 Å². The van der Waals surface area contributed by atoms with Crippen LogP contribution in [0.1, 0.15) is 53.9 Å². The van der Waals surface area contributed by atoms with Gasteiger partial charge in [-0.25, -0.2) is 4.79 Å². The van der Waals surface area contributed by atoms with E-state index in [0.717, 1.165) is 22.5 Å². The summed E-state index contributed by atoms with van der Waals surface area (Å²) in [7, 11) is 0. The summed E-state index contributed by atoms with van der Waals surface area (Å²) in [6.07, 6.45) is 0.0106. The largest absolute Gasteiger partial charge is 0.487 e. The first-order valence-corrected chi connectivity index (χ1v) is 25.1. The molecule has 3 heterocycles. The summed E-state index contributed by atoms with van der Waals surface area (Å²) in [4.78, 5) is 106. The molecule has 2 aromatic heterocycles. The van der Waals surface area contributed by atoms with Gasteiger partial charge in [0.1, 0.15) is 50.4 Å². The second-order valence-electron chi connectivity index (χ2n) is 18.4. The minimum Gasteiger partial charge on any atom is -0.487 e. The lowest BCUT2D eigenvalue weighted by molar-refractivity contribution is -0.160. The lowest BCUT2D eigenvalue weighted by Crippen LogP contribution is -2.48. The van der Waals surface area contributed by atoms with Crippen molar-refractivity contribution in [1.82, 2.24) is 40.8 Å². The molecule has 0 bridgehead atoms. The summed E-state index contributed by atoms with van der Waals surface area (Å²) in [6, 6.07) is 35.3. The molecule has 1 fully saturated rings. The maximum absolute atomic E-state index is 13.8. The molecule has 22 nitrogen and oxygen atoms in total. The van der Waals surface area contributed by atoms with Crippen molar-refractivity contribution in [3.8, 4) is 11.5 Å². The van der Waals surface area contributed by atoms with E-state index < -0.39 is 98.6 Å². The van der Waals surface area contributed by atoms with Gasteiger partial charge in [0.05, 0.1) is 24.5 Å². The predicted octanol–water partition coefficient (Wildman–Crippen LogP) is 2.92. The molecule has 0 aliphatic carbocycles. The Labute approximate surface area is 449 Å². The maximum atomic E-state index is 13.8. The van der Waals surface area contributed by atoms with Crippen LogP contribution in [0.5, 0.6) is 11.5 Å². The number of rotatable bonds is 16. The van der Waals surface area contributed by atoms with Gasteiger partial charge in [0.2, 0.25) is 0 Å². The first-order valence-electron chi connectivity index (χ1n) is 25.1. The third-order valence-electron chi connectivity index (χ3n) is 11.8. The number of hydrogen-bond donors (Lipinski definition) is 4. The fraction of sp³-hybridized carbons (Fsp3) is 0.321. The third-order valence-corrected chi connectivity index (χ3v) is 11.8. The SMILES string of the molecule is CC(C)CC1NC(=O)COC(=O)CNC(=O)C(Cc2ccc(Cn3nccc3COc3ccccc3)cc2)OC(=O)CNC(=O)COC(=O)CNC(=O)C(Cc2ccc(Cn3nccc3COc3ccccc3)cc2)OC1=O. The molecular weight excluding hydrogens is 1010 g/mol. The monoisotopic (exact) mass is 1070 g/mol. The van der Waals surface area contributed by atoms with Crippen LogP contribution in [0.2, 0.25) is 0 Å². The molecule has 22 heteroatoms. The van der Waals surface area contributed by atoms with Gasteiger partial charge in [-0.2, -0.15) is 10.2 Å². The molecule has 0 saturated carbocycles. The molecule has 0 radical (unpaired) electrons. The van der Waals surface area contributed by atoms with Crippen LogP contribution in [-0.2, 0) is 96.4 Å². The number of benzene rings is 4. The molecule has 6 aromatic rings. The van der Waals surface area contributed by atoms with Crippen LogP contribution in [0.4, 0.5) is 0 Å². The van der Waals surface area contributed by atoms with Gasteiger partial charge < -0.3 is 49.7 Å². The number of ether oxygens (including phenoxy) is 6. The summed E-state index contributed by atoms with van der Waals surface area (Å²) >= 11 is 0. The summed E-state index contributed by atoms with van der Waals surface area (Å²) in [5.41, 5.74) is 4.50. The Bertz CT molecular complexity index is 2980. The molecule has 4 amide bonds. The quantitative estimate of drug-likeness (QED) is 0.0801. The highest BCUT2D eigenvalue weighted by molar-refractivity contribution is 5.92. The van der Waals surface area contributed by atoms with Crippen molar-refractivity contribution < 1.29 is 66.8 Å². The van der Waals surface area contributed by atoms with Gasteiger partial charge in [-0.05, 0) is 71.0 Å². The van der Waals surface area contributed by atoms with Crippen molar-refractivity contribution in [2.75, 3.05) is 32.8 Å². The molecule has 1 aliphatic heterocycles. The highest BCUT2D eigenvalue weighted by Gasteiger charge is 2.31. The molecule has 78 heavy (non-hydrogen) atoms. The van der Waals surface area contributed by atoms with E-state index >= 15 is 0 Å². The summed E-state index contributed by atoms with van der Waals surface area (Å²) < 4.78 is 36.7. The van der Waals surface area contributed by atoms with Crippen molar-refractivity contribution in [1.29, 1.82) is 0 Å². The number of carbonyl (C=O) groups is 8. The zero-order valence-electron chi connectivity index (χ0n) is 43.0. The Balaban J connectivity index is 0.978. The lowest BCUT2D eigenvalue weighted by Gasteiger charge is -2.23. The second-order valence-corrected chi connectivity index (χ2v) is 18.4. The number of cyclic esters (lactones) is 4. The van der Waals surface area contributed by atoms with E-state index in [0.29, 0.717) is 35.7 Å². The maximum Gasteiger partial charge on any atom is 0.329 e. The summed E-state index contributed by atoms with van der Waals surface area (Å²) in [6.45, 7) is 0.982. The number of hydrogen-bond acceptors (Lipinski definition) is 16. The van der Waals surface area contributed by atoms with Crippen molar-refractivity contribution >= 4 is 47.5 Å². The van der Waals surface area contributed by atoms with Gasteiger partial charge in [0.25, 0.3) is 23.6 Å². The minimum absolute atomic E-state index is 0.0521. The molecule has 7 rings (SSSR count). The first kappa shape index (κ1) is 56.4. The summed E-state index contributed by atoms with van der Waals surface area (Å²) in [5.74, 6) is -6.46. The Morgan fingerprint density at radius 1 is 0.526 bits per heavy atom. The molecule has 408 valence electrons. The minimum atomic E-state index is -1.53. The zero-order valence-corrected chi connectivity index (χ0v) is 43.0. The van der Waals surface area contributed by atoms with E-state index in [9.17, 15) is 38.4 Å². The Morgan fingerprint density at radius 2 is 0.962 bits per heavy atom. The van der Waals surface area contributed by atoms with E-state index in [1.54, 1.807) is 59.9 Å². The molecule has 3 unspecified atom stereocenters. The number of nitrogens with zero attached hydrogens (tertiary/aromatic N) is 4. The highest BCUT2D eigenvalue weighted by Crippen LogP contribution is 2.18. The van der Waals surface area contributed by atoms with E-state index in [-0.39, 0.29) is 38.4 Å². The van der Waals surface area contributed by atoms with Crippen LogP contribution in [0.3, 0.4) is 0 Å². The fourth-order valence-corrected chi connectivity index (χ4v) is 7.82. The number of para-hydroxylation sites is 2. The van der Waals surface area contributed by atoms with Crippen LogP contribution in [0, 0.1) is 5.92 Å². The van der Waals surface area contributed by atoms with Crippen molar-refractivity contribution in [2.45, 2.75) is 77.7 Å². The first-order chi connectivity index (χ1) is 37.7. The standard InChI is InChI=1S/C56H60N8O14/c1-37(2)25-46-56(72)78-48(27-39-15-19-41(20-16-39)32-64-43(22-24-61-64)34-74-45-11-7-4-8-12-45)55(71)59-28-51(67)75-35-49(65)57-30-53(69)77-47(54(70)58-29-52(68)76-36-50(66)62-46)26-38-13-17-40(18-14-38)31-63-42(21-23-60-63)33-73-44-9-5-3-6-10-44/h3-24,37,46-48H,25-36H2,1-2H3,(H,57,65)(H,58,70)(H,59,71)(H,62,66). The molecule has 0 spiro atoms. The average Bonchev–Trinajstić information content (AvgIpc) is 4.10. The third kappa shape index (κ3) is 18.2. The second kappa shape index (κ2) is 28.5. The average molecular weight is 1070 g/mol. The van der Waals surface area contributed by atoms with Crippen molar-refractivity contribution in [2.24, 2.45) is 5.92 Å². The van der Waals surface area contributed by atoms with Crippen LogP contribution in [-0.4, -0.2) is 118 Å². The molecular formula is C56H60N8O14. The molecule has 3 atom stereocenters. The van der Waals surface area contributed by atoms with Crippen molar-refractivity contribution in [3.05, 3.63) is 167 Å². The number of carbonyl (C=O) groups excluding carboxylic acids is 8. The smallest absolute Gasteiger partial charge is 0.329 e. The van der Waals surface area contributed by atoms with Gasteiger partial charge in [-0.3, -0.25) is 42.9 Å². The zero-order chi connectivity index (χ0) is 55.2. The van der Waals surface area contributed by atoms with Crippen LogP contribution in [0.25, 0.3) is 0 Å². The van der Waals surface area contributed by atoms with Gasteiger partial charge in [0.15, 0.2) is 25.4 Å². The summed E-state index contributed by atoms with van der Waals surface area (Å²) in [5, 5.41) is 18.3. The number of nitrogens with one attached hydrogen (secondary N) is 4. The molecule has 1 aliphatic rings. The van der Waals surface area contributed by atoms with E-state index in [4.69, 9.17) is 28.4 Å². The van der Waals surface area contributed by atoms with Crippen LogP contribution >= 0.6 is 0 Å². The van der Waals surface area contributed by atoms with Gasteiger partial charge in [0, 0.05) is 25.2 Å². The van der Waals surface area contributed by atoms with Gasteiger partial charge >= 0.3 is 23.9 Å². The lowest BCUT2D eigenvalue weighted by atomic mass is 10.0. The fourth-order valence-electron chi connectivity index (χ4n) is 7.82. The number of aromatic nitrogens is 4. The van der Waals surface area contributed by atoms with E-state index in [2.05, 4.69) is 31.5 Å². The van der Waals surface area contributed by atoms with Gasteiger partial charge in [-0.1, -0.05) is 98.8 Å². The van der Waals surface area contributed by atoms with E-state index in [1.165, 1.54) is 0 Å². The molecule has 1 saturated heterocycles. The van der Waals surface area contributed by atoms with Crippen LogP contribution in [0.15, 0.2) is 134 Å². The highest BCUT2D eigenvalue weighted by atomic mass is 16.6. The number of amides is 4. The Kier molecular flexibility index (Phi) is 20.6. The van der Waals surface area contributed by atoms with Crippen molar-refractivity contribution in [3.63, 3.8) is 0 Å².